The van der Waals surface area contributed by atoms with Crippen LogP contribution in [0.5, 0.6) is 11.5 Å². The normalized spacial score (nSPS) is 10.2. The first-order chi connectivity index (χ1) is 23.9. The zero-order valence-corrected chi connectivity index (χ0v) is 28.0. The molecule has 11 nitrogen and oxygen atoms in total. The third-order valence-electron chi connectivity index (χ3n) is 7.00. The van der Waals surface area contributed by atoms with Gasteiger partial charge in [0.1, 0.15) is 22.9 Å². The largest absolute Gasteiger partial charge is 0.497 e. The highest BCUT2D eigenvalue weighted by atomic mass is 16.5. The molecule has 2 aromatic heterocycles. The highest BCUT2D eigenvalue weighted by Gasteiger charge is 2.11. The van der Waals surface area contributed by atoms with E-state index in [0.29, 0.717) is 61.8 Å². The van der Waals surface area contributed by atoms with E-state index in [1.54, 1.807) is 26.4 Å². The van der Waals surface area contributed by atoms with E-state index in [1.165, 1.54) is 14.2 Å². The number of methoxy groups -OCH3 is 4. The summed E-state index contributed by atoms with van der Waals surface area (Å²) < 4.78 is 20.1. The molecule has 0 atom stereocenters. The number of pyridine rings is 2. The first-order valence-electron chi connectivity index (χ1n) is 15.5. The second-order valence-corrected chi connectivity index (χ2v) is 10.5. The van der Waals surface area contributed by atoms with Gasteiger partial charge in [0.05, 0.1) is 39.8 Å². The molecule has 0 radical (unpaired) electrons. The number of aromatic nitrogens is 2. The Kier molecular flexibility index (Phi) is 14.1. The van der Waals surface area contributed by atoms with Crippen LogP contribution >= 0.6 is 0 Å². The van der Waals surface area contributed by atoms with E-state index in [1.807, 2.05) is 60.7 Å². The molecule has 2 aromatic carbocycles. The second-order valence-electron chi connectivity index (χ2n) is 10.5. The van der Waals surface area contributed by atoms with Crippen LogP contribution < -0.4 is 25.4 Å². The van der Waals surface area contributed by atoms with Gasteiger partial charge in [0.25, 0.3) is 0 Å². The number of rotatable bonds is 14. The number of carbonyl (C=O) groups excluding carboxylic acids is 2. The molecule has 4 rings (SSSR count). The van der Waals surface area contributed by atoms with Crippen LogP contribution in [0.1, 0.15) is 54.6 Å². The van der Waals surface area contributed by atoms with Crippen molar-refractivity contribution in [1.82, 2.24) is 25.9 Å². The van der Waals surface area contributed by atoms with Crippen LogP contribution in [0.2, 0.25) is 0 Å². The molecule has 0 bridgehead atoms. The van der Waals surface area contributed by atoms with Crippen molar-refractivity contribution >= 4 is 11.9 Å². The van der Waals surface area contributed by atoms with E-state index >= 15 is 0 Å². The third kappa shape index (κ3) is 11.8. The summed E-state index contributed by atoms with van der Waals surface area (Å²) in [4.78, 5) is 33.3. The van der Waals surface area contributed by atoms with Crippen LogP contribution in [0.25, 0.3) is 0 Å². The van der Waals surface area contributed by atoms with Crippen molar-refractivity contribution in [3.63, 3.8) is 0 Å². The number of carbonyl (C=O) groups is 2. The maximum Gasteiger partial charge on any atom is 0.356 e. The van der Waals surface area contributed by atoms with Gasteiger partial charge in [-0.25, -0.2) is 19.6 Å². The lowest BCUT2D eigenvalue weighted by Crippen LogP contribution is -2.32. The van der Waals surface area contributed by atoms with Gasteiger partial charge in [0.15, 0.2) is 0 Å². The molecule has 0 aliphatic rings. The van der Waals surface area contributed by atoms with Crippen molar-refractivity contribution in [2.24, 2.45) is 0 Å². The molecule has 4 aromatic rings. The van der Waals surface area contributed by atoms with Crippen LogP contribution in [-0.2, 0) is 22.6 Å². The minimum Gasteiger partial charge on any atom is -0.497 e. The molecule has 0 amide bonds. The fourth-order valence-corrected chi connectivity index (χ4v) is 4.47. The number of hydrogen-bond donors (Lipinski definition) is 3. The number of benzene rings is 2. The monoisotopic (exact) mass is 661 g/mol. The summed E-state index contributed by atoms with van der Waals surface area (Å²) in [5.41, 5.74) is 4.73. The predicted octanol–water partition coefficient (Wildman–Crippen LogP) is 3.34. The van der Waals surface area contributed by atoms with Crippen molar-refractivity contribution in [2.45, 2.75) is 13.1 Å². The van der Waals surface area contributed by atoms with Crippen molar-refractivity contribution in [2.75, 3.05) is 54.6 Å². The van der Waals surface area contributed by atoms with Gasteiger partial charge in [-0.15, -0.1) is 0 Å². The highest BCUT2D eigenvalue weighted by molar-refractivity contribution is 5.88. The standard InChI is InChI=1S/C38H39N5O6/c1-46-33-13-9-27(10-14-33)5-7-29-21-31(42-35(23-29)37(44)48-3)25-40-19-17-39-18-20-41-26-32-22-30(24-36(43-32)38(45)49-4)8-6-28-11-15-34(47-2)16-12-28/h9-16,21-24,39-41H,17-20,25-26H2,1-4H3. The summed E-state index contributed by atoms with van der Waals surface area (Å²) in [5, 5.41) is 10.1. The smallest absolute Gasteiger partial charge is 0.356 e. The Labute approximate surface area is 286 Å². The summed E-state index contributed by atoms with van der Waals surface area (Å²) in [6, 6.07) is 21.8. The van der Waals surface area contributed by atoms with Gasteiger partial charge in [-0.2, -0.15) is 0 Å². The Morgan fingerprint density at radius 3 is 1.27 bits per heavy atom. The van der Waals surface area contributed by atoms with E-state index < -0.39 is 11.9 Å². The number of nitrogens with zero attached hydrogens (tertiary/aromatic N) is 2. The average Bonchev–Trinajstić information content (AvgIpc) is 3.15. The van der Waals surface area contributed by atoms with Crippen molar-refractivity contribution in [3.05, 3.63) is 118 Å². The Morgan fingerprint density at radius 1 is 0.531 bits per heavy atom. The molecule has 2 heterocycles. The molecule has 0 unspecified atom stereocenters. The predicted molar refractivity (Wildman–Crippen MR) is 185 cm³/mol. The molecule has 0 spiro atoms. The zero-order chi connectivity index (χ0) is 34.8. The van der Waals surface area contributed by atoms with E-state index in [2.05, 4.69) is 49.6 Å². The quantitative estimate of drug-likeness (QED) is 0.104. The van der Waals surface area contributed by atoms with Gasteiger partial charge >= 0.3 is 11.9 Å². The molecule has 3 N–H and O–H groups in total. The Balaban J connectivity index is 1.23. The molecule has 49 heavy (non-hydrogen) atoms. The number of hydrogen-bond acceptors (Lipinski definition) is 11. The Morgan fingerprint density at radius 2 is 0.898 bits per heavy atom. The molecule has 252 valence electrons. The second kappa shape index (κ2) is 19.2. The van der Waals surface area contributed by atoms with Crippen LogP contribution in [0.4, 0.5) is 0 Å². The third-order valence-corrected chi connectivity index (χ3v) is 7.00. The number of esters is 2. The van der Waals surface area contributed by atoms with Gasteiger partial charge < -0.3 is 34.9 Å². The van der Waals surface area contributed by atoms with Gasteiger partial charge in [-0.1, -0.05) is 23.7 Å². The van der Waals surface area contributed by atoms with Crippen molar-refractivity contribution in [1.29, 1.82) is 0 Å². The maximum absolute atomic E-state index is 12.2. The summed E-state index contributed by atoms with van der Waals surface area (Å²) in [5.74, 6) is 12.9. The van der Waals surface area contributed by atoms with Gasteiger partial charge in [-0.05, 0) is 72.8 Å². The molecule has 0 aliphatic heterocycles. The van der Waals surface area contributed by atoms with Gasteiger partial charge in [0, 0.05) is 61.5 Å². The number of nitrogens with one attached hydrogen (secondary N) is 3. The summed E-state index contributed by atoms with van der Waals surface area (Å²) in [6.07, 6.45) is 0. The summed E-state index contributed by atoms with van der Waals surface area (Å²) >= 11 is 0. The first-order valence-corrected chi connectivity index (χ1v) is 15.5. The topological polar surface area (TPSA) is 133 Å². The average molecular weight is 662 g/mol. The molecule has 0 aliphatic carbocycles. The van der Waals surface area contributed by atoms with Crippen molar-refractivity contribution < 1.29 is 28.5 Å². The molecule has 0 saturated carbocycles. The molecule has 0 saturated heterocycles. The molecule has 0 fully saturated rings. The Bertz CT molecular complexity index is 1700. The van der Waals surface area contributed by atoms with Crippen LogP contribution in [-0.4, -0.2) is 76.5 Å². The SMILES string of the molecule is COC(=O)c1cc(C#Cc2ccc(OC)cc2)cc(CNCCNCCNCc2cc(C#Cc3ccc(OC)cc3)cc(C(=O)OC)n2)n1. The summed E-state index contributed by atoms with van der Waals surface area (Å²) in [6.45, 7) is 3.68. The zero-order valence-electron chi connectivity index (χ0n) is 28.0. The lowest BCUT2D eigenvalue weighted by atomic mass is 10.1. The highest BCUT2D eigenvalue weighted by Crippen LogP contribution is 2.13. The van der Waals surface area contributed by atoms with E-state index in [0.717, 1.165) is 22.6 Å². The fraction of sp³-hybridized carbons (Fsp3) is 0.263. The van der Waals surface area contributed by atoms with Crippen LogP contribution in [0.3, 0.4) is 0 Å². The van der Waals surface area contributed by atoms with Crippen LogP contribution in [0, 0.1) is 23.7 Å². The molecule has 11 heteroatoms. The lowest BCUT2D eigenvalue weighted by molar-refractivity contribution is 0.0585. The molecular formula is C38H39N5O6. The minimum atomic E-state index is -0.520. The Hall–Kier alpha value is -5.72. The van der Waals surface area contributed by atoms with Crippen molar-refractivity contribution in [3.8, 4) is 35.2 Å². The number of ether oxygens (including phenoxy) is 4. The first kappa shape index (κ1) is 36.1. The summed E-state index contributed by atoms with van der Waals surface area (Å²) in [7, 11) is 5.88. The minimum absolute atomic E-state index is 0.202. The van der Waals surface area contributed by atoms with E-state index in [-0.39, 0.29) is 11.4 Å². The van der Waals surface area contributed by atoms with Gasteiger partial charge in [-0.3, -0.25) is 0 Å². The van der Waals surface area contributed by atoms with Gasteiger partial charge in [0.2, 0.25) is 0 Å². The van der Waals surface area contributed by atoms with E-state index in [4.69, 9.17) is 18.9 Å². The van der Waals surface area contributed by atoms with E-state index in [9.17, 15) is 9.59 Å². The lowest BCUT2D eigenvalue weighted by Gasteiger charge is -2.09. The van der Waals surface area contributed by atoms with Crippen LogP contribution in [0.15, 0.2) is 72.8 Å². The molecular weight excluding hydrogens is 622 g/mol. The maximum atomic E-state index is 12.2. The fourth-order valence-electron chi connectivity index (χ4n) is 4.47.